The predicted octanol–water partition coefficient (Wildman–Crippen LogP) is 2.75. The molecule has 1 amide bonds. The topological polar surface area (TPSA) is 84.4 Å². The van der Waals surface area contributed by atoms with Gasteiger partial charge in [-0.3, -0.25) is 4.79 Å². The molecular formula is C18H22N4O3. The molecule has 0 aliphatic rings. The van der Waals surface area contributed by atoms with Crippen molar-refractivity contribution in [1.82, 2.24) is 9.97 Å². The summed E-state index contributed by atoms with van der Waals surface area (Å²) in [5, 5.41) is 2.69. The minimum atomic E-state index is -0.514. The lowest BCUT2D eigenvalue weighted by atomic mass is 10.1. The van der Waals surface area contributed by atoms with Gasteiger partial charge in [-0.05, 0) is 18.6 Å². The van der Waals surface area contributed by atoms with Crippen molar-refractivity contribution in [3.63, 3.8) is 0 Å². The van der Waals surface area contributed by atoms with Crippen LogP contribution in [0.1, 0.15) is 40.5 Å². The highest BCUT2D eigenvalue weighted by atomic mass is 16.5. The summed E-state index contributed by atoms with van der Waals surface area (Å²) in [6, 6.07) is 6.65. The Kier molecular flexibility index (Phi) is 6.45. The van der Waals surface area contributed by atoms with E-state index in [4.69, 9.17) is 4.74 Å². The molecule has 7 heteroatoms. The Bertz CT molecular complexity index is 731. The Morgan fingerprint density at radius 2 is 1.88 bits per heavy atom. The first-order chi connectivity index (χ1) is 12.1. The van der Waals surface area contributed by atoms with Crippen LogP contribution in [0, 0.1) is 0 Å². The highest BCUT2D eigenvalue weighted by molar-refractivity contribution is 6.07. The predicted molar refractivity (Wildman–Crippen MR) is 95.9 cm³/mol. The number of methoxy groups -OCH3 is 1. The van der Waals surface area contributed by atoms with Gasteiger partial charge in [-0.2, -0.15) is 0 Å². The fraction of sp³-hybridized carbons (Fsp3) is 0.333. The van der Waals surface area contributed by atoms with E-state index in [0.29, 0.717) is 17.2 Å². The number of rotatable bonds is 7. The van der Waals surface area contributed by atoms with Crippen LogP contribution in [0.3, 0.4) is 0 Å². The van der Waals surface area contributed by atoms with Gasteiger partial charge in [0.15, 0.2) is 0 Å². The van der Waals surface area contributed by atoms with E-state index >= 15 is 0 Å². The van der Waals surface area contributed by atoms with Crippen LogP contribution in [0.5, 0.6) is 0 Å². The summed E-state index contributed by atoms with van der Waals surface area (Å²) < 4.78 is 4.72. The average molecular weight is 342 g/mol. The maximum Gasteiger partial charge on any atom is 0.339 e. The van der Waals surface area contributed by atoms with Crippen LogP contribution < -0.4 is 10.2 Å². The molecule has 0 bridgehead atoms. The quantitative estimate of drug-likeness (QED) is 0.779. The molecular weight excluding hydrogens is 320 g/mol. The molecule has 0 spiro atoms. The minimum Gasteiger partial charge on any atom is -0.465 e. The second kappa shape index (κ2) is 8.77. The lowest BCUT2D eigenvalue weighted by molar-refractivity contribution is 0.0602. The maximum absolute atomic E-state index is 12.4. The highest BCUT2D eigenvalue weighted by Gasteiger charge is 2.15. The standard InChI is InChI=1S/C18H22N4O3/c1-4-5-10-22(2)18-19-11-13(12-20-18)16(23)21-15-9-7-6-8-14(15)17(24)25-3/h6-9,11-12H,4-5,10H2,1-3H3,(H,21,23). The van der Waals surface area contributed by atoms with Crippen LogP contribution in [0.25, 0.3) is 0 Å². The second-order valence-corrected chi connectivity index (χ2v) is 5.54. The molecule has 0 atom stereocenters. The zero-order valence-electron chi connectivity index (χ0n) is 14.7. The first-order valence-electron chi connectivity index (χ1n) is 8.08. The fourth-order valence-electron chi connectivity index (χ4n) is 2.21. The molecule has 1 N–H and O–H groups in total. The molecule has 2 aromatic rings. The van der Waals surface area contributed by atoms with E-state index in [2.05, 4.69) is 22.2 Å². The van der Waals surface area contributed by atoms with Crippen LogP contribution in [0.15, 0.2) is 36.7 Å². The van der Waals surface area contributed by atoms with E-state index in [0.717, 1.165) is 19.4 Å². The van der Waals surface area contributed by atoms with Gasteiger partial charge in [0.05, 0.1) is 23.9 Å². The van der Waals surface area contributed by atoms with E-state index in [1.807, 2.05) is 11.9 Å². The molecule has 7 nitrogen and oxygen atoms in total. The van der Waals surface area contributed by atoms with Gasteiger partial charge in [-0.1, -0.05) is 25.5 Å². The molecule has 1 heterocycles. The van der Waals surface area contributed by atoms with E-state index in [1.54, 1.807) is 24.3 Å². The van der Waals surface area contributed by atoms with Gasteiger partial charge < -0.3 is 15.0 Å². The molecule has 0 saturated heterocycles. The zero-order valence-corrected chi connectivity index (χ0v) is 14.7. The molecule has 132 valence electrons. The largest absolute Gasteiger partial charge is 0.465 e. The number of nitrogens with one attached hydrogen (secondary N) is 1. The molecule has 0 radical (unpaired) electrons. The number of para-hydroxylation sites is 1. The van der Waals surface area contributed by atoms with Gasteiger partial charge in [0.25, 0.3) is 5.91 Å². The number of nitrogens with zero attached hydrogens (tertiary/aromatic N) is 3. The molecule has 0 aliphatic heterocycles. The van der Waals surface area contributed by atoms with Gasteiger partial charge in [0.2, 0.25) is 5.95 Å². The van der Waals surface area contributed by atoms with Crippen molar-refractivity contribution in [3.05, 3.63) is 47.8 Å². The molecule has 2 rings (SSSR count). The highest BCUT2D eigenvalue weighted by Crippen LogP contribution is 2.17. The summed E-state index contributed by atoms with van der Waals surface area (Å²) in [4.78, 5) is 34.5. The Morgan fingerprint density at radius 1 is 1.20 bits per heavy atom. The number of benzene rings is 1. The molecule has 0 unspecified atom stereocenters. The number of esters is 1. The summed E-state index contributed by atoms with van der Waals surface area (Å²) >= 11 is 0. The van der Waals surface area contributed by atoms with Gasteiger partial charge in [0, 0.05) is 26.0 Å². The Balaban J connectivity index is 2.10. The van der Waals surface area contributed by atoms with E-state index < -0.39 is 5.97 Å². The third kappa shape index (κ3) is 4.76. The monoisotopic (exact) mass is 342 g/mol. The number of ether oxygens (including phenoxy) is 1. The van der Waals surface area contributed by atoms with Crippen molar-refractivity contribution < 1.29 is 14.3 Å². The number of hydrogen-bond donors (Lipinski definition) is 1. The lowest BCUT2D eigenvalue weighted by Crippen LogP contribution is -2.21. The number of amides is 1. The SMILES string of the molecule is CCCCN(C)c1ncc(C(=O)Nc2ccccc2C(=O)OC)cn1. The van der Waals surface area contributed by atoms with E-state index in [9.17, 15) is 9.59 Å². The average Bonchev–Trinajstić information content (AvgIpc) is 2.66. The van der Waals surface area contributed by atoms with Crippen molar-refractivity contribution >= 4 is 23.5 Å². The van der Waals surface area contributed by atoms with Gasteiger partial charge >= 0.3 is 5.97 Å². The number of hydrogen-bond acceptors (Lipinski definition) is 6. The van der Waals surface area contributed by atoms with Crippen molar-refractivity contribution in [2.24, 2.45) is 0 Å². The maximum atomic E-state index is 12.4. The normalized spacial score (nSPS) is 10.2. The van der Waals surface area contributed by atoms with Gasteiger partial charge in [0.1, 0.15) is 0 Å². The number of unbranched alkanes of at least 4 members (excludes halogenated alkanes) is 1. The van der Waals surface area contributed by atoms with Crippen molar-refractivity contribution in [2.45, 2.75) is 19.8 Å². The first-order valence-corrected chi connectivity index (χ1v) is 8.08. The van der Waals surface area contributed by atoms with Crippen molar-refractivity contribution in [2.75, 3.05) is 30.9 Å². The third-order valence-electron chi connectivity index (χ3n) is 3.67. The molecule has 0 fully saturated rings. The molecule has 0 aliphatic carbocycles. The second-order valence-electron chi connectivity index (χ2n) is 5.54. The molecule has 1 aromatic carbocycles. The Morgan fingerprint density at radius 3 is 2.52 bits per heavy atom. The Labute approximate surface area is 147 Å². The number of carbonyl (C=O) groups excluding carboxylic acids is 2. The summed E-state index contributed by atoms with van der Waals surface area (Å²) in [5.74, 6) is -0.334. The van der Waals surface area contributed by atoms with Gasteiger partial charge in [-0.25, -0.2) is 14.8 Å². The van der Waals surface area contributed by atoms with Crippen LogP contribution in [0.2, 0.25) is 0 Å². The smallest absolute Gasteiger partial charge is 0.339 e. The number of anilines is 2. The van der Waals surface area contributed by atoms with Crippen molar-refractivity contribution in [1.29, 1.82) is 0 Å². The van der Waals surface area contributed by atoms with Crippen LogP contribution in [0.4, 0.5) is 11.6 Å². The summed E-state index contributed by atoms with van der Waals surface area (Å²) in [6.45, 7) is 2.98. The van der Waals surface area contributed by atoms with Crippen LogP contribution in [-0.2, 0) is 4.74 Å². The molecule has 25 heavy (non-hydrogen) atoms. The number of aromatic nitrogens is 2. The summed E-state index contributed by atoms with van der Waals surface area (Å²) in [5.41, 5.74) is 0.978. The third-order valence-corrected chi connectivity index (χ3v) is 3.67. The van der Waals surface area contributed by atoms with E-state index in [1.165, 1.54) is 19.5 Å². The van der Waals surface area contributed by atoms with E-state index in [-0.39, 0.29) is 11.5 Å². The lowest BCUT2D eigenvalue weighted by Gasteiger charge is -2.16. The Hall–Kier alpha value is -2.96. The van der Waals surface area contributed by atoms with Gasteiger partial charge in [-0.15, -0.1) is 0 Å². The summed E-state index contributed by atoms with van der Waals surface area (Å²) in [7, 11) is 3.21. The number of carbonyl (C=O) groups is 2. The molecule has 0 saturated carbocycles. The fourth-order valence-corrected chi connectivity index (χ4v) is 2.21. The minimum absolute atomic E-state index is 0.287. The van der Waals surface area contributed by atoms with Crippen LogP contribution in [-0.4, -0.2) is 42.5 Å². The zero-order chi connectivity index (χ0) is 18.2. The molecule has 1 aromatic heterocycles. The summed E-state index contributed by atoms with van der Waals surface area (Å²) in [6.07, 6.45) is 5.08. The van der Waals surface area contributed by atoms with Crippen molar-refractivity contribution in [3.8, 4) is 0 Å². The van der Waals surface area contributed by atoms with Crippen LogP contribution >= 0.6 is 0 Å². The first kappa shape index (κ1) is 18.4.